The van der Waals surface area contributed by atoms with Gasteiger partial charge in [-0.3, -0.25) is 9.69 Å². The zero-order chi connectivity index (χ0) is 19.0. The Hall–Kier alpha value is -2.03. The van der Waals surface area contributed by atoms with E-state index in [4.69, 9.17) is 10.7 Å². The Labute approximate surface area is 166 Å². The number of nitrogens with zero attached hydrogens (tertiary/aromatic N) is 4. The van der Waals surface area contributed by atoms with Crippen LogP contribution < -0.4 is 5.73 Å². The first-order valence-electron chi connectivity index (χ1n) is 9.06. The highest BCUT2D eigenvalue weighted by molar-refractivity contribution is 7.21. The molecule has 0 bridgehead atoms. The summed E-state index contributed by atoms with van der Waals surface area (Å²) < 4.78 is 0. The van der Waals surface area contributed by atoms with E-state index in [0.29, 0.717) is 10.6 Å². The van der Waals surface area contributed by atoms with Crippen LogP contribution in [-0.4, -0.2) is 46.3 Å². The number of fused-ring (bicyclic) bond motifs is 1. The SMILES string of the molecule is CN(C)C(=O)c1sc2nc([C@H]3CCCCN3Cc3cscn3)ccc2c1N. The van der Waals surface area contributed by atoms with E-state index in [2.05, 4.69) is 21.3 Å². The monoisotopic (exact) mass is 401 g/mol. The minimum atomic E-state index is -0.0696. The summed E-state index contributed by atoms with van der Waals surface area (Å²) >= 11 is 3.02. The number of piperidine rings is 1. The van der Waals surface area contributed by atoms with Crippen LogP contribution in [0.2, 0.25) is 0 Å². The third-order valence-electron chi connectivity index (χ3n) is 5.02. The zero-order valence-corrected chi connectivity index (χ0v) is 17.1. The average molecular weight is 402 g/mol. The second-order valence-corrected chi connectivity index (χ2v) is 8.81. The standard InChI is InChI=1S/C19H23N5OS2/c1-23(2)19(25)17-16(20)13-6-7-14(22-18(13)27-17)15-5-3-4-8-24(15)9-12-10-26-11-21-12/h6-7,10-11,15H,3-5,8-9,20H2,1-2H3/t15-/m1/s1. The molecule has 2 N–H and O–H groups in total. The van der Waals surface area contributed by atoms with Gasteiger partial charge in [0.1, 0.15) is 9.71 Å². The van der Waals surface area contributed by atoms with Crippen molar-refractivity contribution in [3.05, 3.63) is 39.3 Å². The number of pyridine rings is 1. The first-order chi connectivity index (χ1) is 13.0. The van der Waals surface area contributed by atoms with Gasteiger partial charge in [-0.2, -0.15) is 0 Å². The van der Waals surface area contributed by atoms with Gasteiger partial charge in [0.25, 0.3) is 5.91 Å². The Bertz CT molecular complexity index is 951. The fourth-order valence-electron chi connectivity index (χ4n) is 3.60. The molecule has 0 saturated carbocycles. The molecule has 0 aliphatic carbocycles. The average Bonchev–Trinajstić information content (AvgIpc) is 3.29. The molecular formula is C19H23N5OS2. The summed E-state index contributed by atoms with van der Waals surface area (Å²) in [4.78, 5) is 27.2. The molecule has 27 heavy (non-hydrogen) atoms. The molecule has 0 unspecified atom stereocenters. The third kappa shape index (κ3) is 3.56. The van der Waals surface area contributed by atoms with Gasteiger partial charge in [-0.1, -0.05) is 6.42 Å². The van der Waals surface area contributed by atoms with E-state index < -0.39 is 0 Å². The van der Waals surface area contributed by atoms with E-state index >= 15 is 0 Å². The summed E-state index contributed by atoms with van der Waals surface area (Å²) in [6.07, 6.45) is 3.50. The number of amides is 1. The van der Waals surface area contributed by atoms with E-state index in [1.165, 1.54) is 24.2 Å². The summed E-state index contributed by atoms with van der Waals surface area (Å²) in [5, 5.41) is 2.98. The van der Waals surface area contributed by atoms with Crippen LogP contribution in [0, 0.1) is 0 Å². The van der Waals surface area contributed by atoms with Crippen LogP contribution in [0.1, 0.15) is 46.4 Å². The number of aromatic nitrogens is 2. The molecule has 4 rings (SSSR count). The fourth-order valence-corrected chi connectivity index (χ4v) is 5.27. The predicted molar refractivity (Wildman–Crippen MR) is 111 cm³/mol. The maximum atomic E-state index is 12.4. The zero-order valence-electron chi connectivity index (χ0n) is 15.5. The van der Waals surface area contributed by atoms with Crippen molar-refractivity contribution in [1.29, 1.82) is 0 Å². The number of carbonyl (C=O) groups is 1. The molecule has 4 heterocycles. The van der Waals surface area contributed by atoms with Gasteiger partial charge < -0.3 is 10.6 Å². The minimum absolute atomic E-state index is 0.0696. The first kappa shape index (κ1) is 18.3. The molecule has 142 valence electrons. The molecule has 1 amide bonds. The number of anilines is 1. The van der Waals surface area contributed by atoms with Gasteiger partial charge in [0.2, 0.25) is 0 Å². The first-order valence-corrected chi connectivity index (χ1v) is 10.8. The van der Waals surface area contributed by atoms with Crippen LogP contribution in [0.15, 0.2) is 23.0 Å². The van der Waals surface area contributed by atoms with Gasteiger partial charge >= 0.3 is 0 Å². The number of hydrogen-bond donors (Lipinski definition) is 1. The molecule has 8 heteroatoms. The molecule has 1 aliphatic rings. The number of thiophene rings is 1. The quantitative estimate of drug-likeness (QED) is 0.720. The van der Waals surface area contributed by atoms with Gasteiger partial charge in [-0.05, 0) is 31.5 Å². The van der Waals surface area contributed by atoms with Crippen LogP contribution in [-0.2, 0) is 6.54 Å². The van der Waals surface area contributed by atoms with Crippen molar-refractivity contribution < 1.29 is 4.79 Å². The molecule has 0 radical (unpaired) electrons. The van der Waals surface area contributed by atoms with E-state index in [0.717, 1.165) is 41.1 Å². The maximum Gasteiger partial charge on any atom is 0.265 e. The van der Waals surface area contributed by atoms with Crippen LogP contribution in [0.3, 0.4) is 0 Å². The Balaban J connectivity index is 1.66. The summed E-state index contributed by atoms with van der Waals surface area (Å²) in [6.45, 7) is 1.91. The number of thiazole rings is 1. The number of nitrogen functional groups attached to an aromatic ring is 1. The summed E-state index contributed by atoms with van der Waals surface area (Å²) in [6, 6.07) is 4.37. The van der Waals surface area contributed by atoms with Crippen molar-refractivity contribution in [3.8, 4) is 0 Å². The number of rotatable bonds is 4. The van der Waals surface area contributed by atoms with Gasteiger partial charge in [0.15, 0.2) is 0 Å². The van der Waals surface area contributed by atoms with E-state index in [1.54, 1.807) is 30.3 Å². The largest absolute Gasteiger partial charge is 0.397 e. The lowest BCUT2D eigenvalue weighted by Crippen LogP contribution is -2.33. The van der Waals surface area contributed by atoms with Crippen molar-refractivity contribution in [2.45, 2.75) is 31.8 Å². The Morgan fingerprint density at radius 3 is 2.96 bits per heavy atom. The van der Waals surface area contributed by atoms with Gasteiger partial charge in [0.05, 0.1) is 28.6 Å². The number of hydrogen-bond acceptors (Lipinski definition) is 7. The van der Waals surface area contributed by atoms with Crippen molar-refractivity contribution in [1.82, 2.24) is 19.8 Å². The second kappa shape index (κ2) is 7.53. The molecule has 1 aliphatic heterocycles. The van der Waals surface area contributed by atoms with Crippen LogP contribution in [0.5, 0.6) is 0 Å². The van der Waals surface area contributed by atoms with Crippen LogP contribution in [0.25, 0.3) is 10.2 Å². The molecular weight excluding hydrogens is 378 g/mol. The minimum Gasteiger partial charge on any atom is -0.397 e. The van der Waals surface area contributed by atoms with Crippen molar-refractivity contribution in [2.75, 3.05) is 26.4 Å². The Morgan fingerprint density at radius 2 is 2.22 bits per heavy atom. The number of carbonyl (C=O) groups excluding carboxylic acids is 1. The molecule has 1 fully saturated rings. The van der Waals surface area contributed by atoms with Crippen LogP contribution >= 0.6 is 22.7 Å². The molecule has 1 atom stereocenters. The summed E-state index contributed by atoms with van der Waals surface area (Å²) in [7, 11) is 3.48. The molecule has 6 nitrogen and oxygen atoms in total. The van der Waals surface area contributed by atoms with Gasteiger partial charge in [-0.25, -0.2) is 9.97 Å². The van der Waals surface area contributed by atoms with Crippen molar-refractivity contribution >= 4 is 44.5 Å². The third-order valence-corrected chi connectivity index (χ3v) is 6.76. The highest BCUT2D eigenvalue weighted by Crippen LogP contribution is 2.37. The molecule has 0 aromatic carbocycles. The van der Waals surface area contributed by atoms with E-state index in [-0.39, 0.29) is 11.9 Å². The lowest BCUT2D eigenvalue weighted by Gasteiger charge is -2.34. The van der Waals surface area contributed by atoms with Gasteiger partial charge in [0, 0.05) is 31.4 Å². The van der Waals surface area contributed by atoms with Crippen LogP contribution in [0.4, 0.5) is 5.69 Å². The van der Waals surface area contributed by atoms with Crippen molar-refractivity contribution in [3.63, 3.8) is 0 Å². The number of likely N-dealkylation sites (tertiary alicyclic amines) is 1. The molecule has 0 spiro atoms. The predicted octanol–water partition coefficient (Wildman–Crippen LogP) is 3.76. The van der Waals surface area contributed by atoms with E-state index in [1.807, 2.05) is 11.6 Å². The number of nitrogens with two attached hydrogens (primary N) is 1. The smallest absolute Gasteiger partial charge is 0.265 e. The topological polar surface area (TPSA) is 75.4 Å². The second-order valence-electron chi connectivity index (χ2n) is 7.10. The molecule has 3 aromatic rings. The van der Waals surface area contributed by atoms with Gasteiger partial charge in [-0.15, -0.1) is 22.7 Å². The molecule has 1 saturated heterocycles. The highest BCUT2D eigenvalue weighted by Gasteiger charge is 2.27. The summed E-state index contributed by atoms with van der Waals surface area (Å²) in [5.41, 5.74) is 10.8. The maximum absolute atomic E-state index is 12.4. The Morgan fingerprint density at radius 1 is 1.37 bits per heavy atom. The van der Waals surface area contributed by atoms with Crippen molar-refractivity contribution in [2.24, 2.45) is 0 Å². The summed E-state index contributed by atoms with van der Waals surface area (Å²) in [5.74, 6) is -0.0696. The lowest BCUT2D eigenvalue weighted by atomic mass is 9.98. The fraction of sp³-hybridized carbons (Fsp3) is 0.421. The van der Waals surface area contributed by atoms with E-state index in [9.17, 15) is 4.79 Å². The Kier molecular flexibility index (Phi) is 5.12. The lowest BCUT2D eigenvalue weighted by molar-refractivity contribution is 0.0833. The normalized spacial score (nSPS) is 18.1. The molecule has 3 aromatic heterocycles. The highest BCUT2D eigenvalue weighted by atomic mass is 32.1.